The van der Waals surface area contributed by atoms with E-state index >= 15 is 0 Å². The minimum absolute atomic E-state index is 0.125. The summed E-state index contributed by atoms with van der Waals surface area (Å²) < 4.78 is 17.7. The van der Waals surface area contributed by atoms with Crippen molar-refractivity contribution in [3.05, 3.63) is 60.8 Å². The summed E-state index contributed by atoms with van der Waals surface area (Å²) in [5, 5.41) is 57.3. The Labute approximate surface area is 541 Å². The van der Waals surface area contributed by atoms with Gasteiger partial charge in [0.25, 0.3) is 0 Å². The van der Waals surface area contributed by atoms with Crippen LogP contribution < -0.4 is 5.32 Å². The average Bonchev–Trinajstić information content (AvgIpc) is 3.72. The number of allylic oxidation sites excluding steroid dienone is 9. The second-order valence-electron chi connectivity index (χ2n) is 26.0. The summed E-state index contributed by atoms with van der Waals surface area (Å²) in [4.78, 5) is 26.7. The molecule has 8 unspecified atom stereocenters. The Morgan fingerprint density at radius 1 is 0.443 bits per heavy atom. The predicted octanol–water partition coefficient (Wildman–Crippen LogP) is 19.7. The number of unbranched alkanes of at least 4 members (excludes halogenated alkanes) is 43. The molecule has 1 amide bonds. The normalized spacial score (nSPS) is 18.5. The average molecular weight is 1240 g/mol. The van der Waals surface area contributed by atoms with Crippen molar-refractivity contribution in [2.24, 2.45) is 0 Å². The maximum Gasteiger partial charge on any atom is 0.306 e. The van der Waals surface area contributed by atoms with E-state index in [1.807, 2.05) is 6.08 Å². The van der Waals surface area contributed by atoms with Crippen LogP contribution in [0.1, 0.15) is 355 Å². The number of amides is 1. The van der Waals surface area contributed by atoms with E-state index in [1.54, 1.807) is 6.08 Å². The molecule has 1 heterocycles. The molecule has 0 bridgehead atoms. The van der Waals surface area contributed by atoms with E-state index in [9.17, 15) is 35.1 Å². The van der Waals surface area contributed by atoms with Crippen molar-refractivity contribution in [2.45, 2.75) is 404 Å². The van der Waals surface area contributed by atoms with Gasteiger partial charge in [-0.3, -0.25) is 9.59 Å². The molecule has 11 heteroatoms. The molecule has 0 aliphatic carbocycles. The number of carbonyl (C=O) groups is 2. The number of aliphatic hydroxyl groups is 5. The van der Waals surface area contributed by atoms with Gasteiger partial charge < -0.3 is 45.1 Å². The van der Waals surface area contributed by atoms with E-state index in [0.717, 1.165) is 77.0 Å². The summed E-state index contributed by atoms with van der Waals surface area (Å²) >= 11 is 0. The van der Waals surface area contributed by atoms with Crippen molar-refractivity contribution in [1.29, 1.82) is 0 Å². The van der Waals surface area contributed by atoms with Gasteiger partial charge in [0.1, 0.15) is 24.4 Å². The monoisotopic (exact) mass is 1240 g/mol. The van der Waals surface area contributed by atoms with Crippen LogP contribution >= 0.6 is 0 Å². The molecule has 0 aromatic heterocycles. The highest BCUT2D eigenvalue weighted by molar-refractivity contribution is 5.80. The first-order valence-corrected chi connectivity index (χ1v) is 37.6. The number of hydrogen-bond donors (Lipinski definition) is 6. The number of carbonyl (C=O) groups excluding carboxylic acids is 2. The number of rotatable bonds is 65. The summed E-state index contributed by atoms with van der Waals surface area (Å²) in [6.45, 7) is 5.81. The van der Waals surface area contributed by atoms with Gasteiger partial charge >= 0.3 is 5.97 Å². The molecule has 1 aliphatic rings. The predicted molar refractivity (Wildman–Crippen MR) is 370 cm³/mol. The van der Waals surface area contributed by atoms with Crippen molar-refractivity contribution in [2.75, 3.05) is 13.2 Å². The zero-order valence-electron chi connectivity index (χ0n) is 57.4. The first-order chi connectivity index (χ1) is 43.2. The molecule has 88 heavy (non-hydrogen) atoms. The third kappa shape index (κ3) is 50.9. The van der Waals surface area contributed by atoms with E-state index in [2.05, 4.69) is 74.7 Å². The molecule has 6 N–H and O–H groups in total. The Balaban J connectivity index is 2.54. The van der Waals surface area contributed by atoms with Crippen LogP contribution in [0.3, 0.4) is 0 Å². The van der Waals surface area contributed by atoms with Crippen LogP contribution in [0.15, 0.2) is 60.8 Å². The molecule has 0 radical (unpaired) electrons. The Bertz CT molecular complexity index is 1670. The Hall–Kier alpha value is -2.64. The van der Waals surface area contributed by atoms with Gasteiger partial charge in [-0.05, 0) is 89.9 Å². The SMILES string of the molecule is CCCCC/C=C\C/C=C\C/C=C\CCCCCCCCCCCCCC(O)C(=O)NC(COC1OC(CO)C(O)C(O)C1OC(=O)CCCCCCCCCCCCCCC/C=C/CCCCCCCC)C(O)/C=C/CCCCCCCCCCCC. The maximum atomic E-state index is 13.5. The van der Waals surface area contributed by atoms with Gasteiger partial charge in [-0.2, -0.15) is 0 Å². The van der Waals surface area contributed by atoms with Crippen molar-refractivity contribution in [3.63, 3.8) is 0 Å². The second kappa shape index (κ2) is 64.5. The maximum absolute atomic E-state index is 13.5. The summed E-state index contributed by atoms with van der Waals surface area (Å²) in [6, 6.07) is -1.03. The first kappa shape index (κ1) is 83.4. The van der Waals surface area contributed by atoms with Gasteiger partial charge in [-0.1, -0.05) is 319 Å². The zero-order chi connectivity index (χ0) is 63.9. The van der Waals surface area contributed by atoms with Crippen LogP contribution in [0, 0.1) is 0 Å². The highest BCUT2D eigenvalue weighted by Crippen LogP contribution is 2.26. The molecule has 1 fully saturated rings. The molecule has 0 spiro atoms. The number of aliphatic hydroxyl groups excluding tert-OH is 5. The summed E-state index contributed by atoms with van der Waals surface area (Å²) in [6.07, 6.45) is 72.6. The lowest BCUT2D eigenvalue weighted by Crippen LogP contribution is -2.61. The van der Waals surface area contributed by atoms with Gasteiger partial charge in [0, 0.05) is 6.42 Å². The lowest BCUT2D eigenvalue weighted by Gasteiger charge is -2.41. The molecule has 1 saturated heterocycles. The fourth-order valence-electron chi connectivity index (χ4n) is 11.7. The number of nitrogens with one attached hydrogen (secondary N) is 1. The first-order valence-electron chi connectivity index (χ1n) is 37.6. The smallest absolute Gasteiger partial charge is 0.306 e. The van der Waals surface area contributed by atoms with Crippen LogP contribution in [0.25, 0.3) is 0 Å². The second-order valence-corrected chi connectivity index (χ2v) is 26.0. The Morgan fingerprint density at radius 3 is 1.20 bits per heavy atom. The molecule has 8 atom stereocenters. The van der Waals surface area contributed by atoms with E-state index in [4.69, 9.17) is 14.2 Å². The van der Waals surface area contributed by atoms with Crippen molar-refractivity contribution >= 4 is 11.9 Å². The van der Waals surface area contributed by atoms with Crippen molar-refractivity contribution < 1.29 is 49.3 Å². The molecule has 1 aliphatic heterocycles. The summed E-state index contributed by atoms with van der Waals surface area (Å²) in [7, 11) is 0. The molecule has 0 saturated carbocycles. The zero-order valence-corrected chi connectivity index (χ0v) is 57.4. The minimum Gasteiger partial charge on any atom is -0.454 e. The third-order valence-corrected chi connectivity index (χ3v) is 17.6. The van der Waals surface area contributed by atoms with Gasteiger partial charge in [0.15, 0.2) is 12.4 Å². The van der Waals surface area contributed by atoms with E-state index in [-0.39, 0.29) is 19.4 Å². The van der Waals surface area contributed by atoms with E-state index < -0.39 is 67.4 Å². The molecule has 11 nitrogen and oxygen atoms in total. The molecular formula is C77H141NO10. The van der Waals surface area contributed by atoms with Crippen molar-refractivity contribution in [1.82, 2.24) is 5.32 Å². The Kier molecular flexibility index (Phi) is 61.1. The molecule has 0 aromatic carbocycles. The molecule has 0 aromatic rings. The van der Waals surface area contributed by atoms with Crippen LogP contribution in [-0.2, 0) is 23.8 Å². The third-order valence-electron chi connectivity index (χ3n) is 17.6. The number of hydrogen-bond acceptors (Lipinski definition) is 10. The fraction of sp³-hybridized carbons (Fsp3) is 0.844. The number of esters is 1. The van der Waals surface area contributed by atoms with Gasteiger partial charge in [-0.15, -0.1) is 0 Å². The van der Waals surface area contributed by atoms with Gasteiger partial charge in [-0.25, -0.2) is 0 Å². The Morgan fingerprint density at radius 2 is 0.784 bits per heavy atom. The fourth-order valence-corrected chi connectivity index (χ4v) is 11.7. The lowest BCUT2D eigenvalue weighted by atomic mass is 9.99. The van der Waals surface area contributed by atoms with Crippen molar-refractivity contribution in [3.8, 4) is 0 Å². The van der Waals surface area contributed by atoms with Crippen LogP contribution in [0.4, 0.5) is 0 Å². The molecule has 1 rings (SSSR count). The summed E-state index contributed by atoms with van der Waals surface area (Å²) in [5.74, 6) is -1.18. The summed E-state index contributed by atoms with van der Waals surface area (Å²) in [5.41, 5.74) is 0. The van der Waals surface area contributed by atoms with Crippen LogP contribution in [-0.4, -0.2) is 99.6 Å². The standard InChI is InChI=1S/C77H141NO10/c1-4-7-10-13-16-19-22-25-27-29-31-33-35-37-38-40-42-44-46-49-52-55-58-61-64-70(81)76(85)78-68(69(80)63-60-57-54-51-48-24-21-18-15-12-9-6-3)67-86-77-75(74(84)73(83)71(66-79)87-77)88-72(82)65-62-59-56-53-50-47-45-43-41-39-36-34-32-30-28-26-23-20-17-14-11-8-5-2/h16,19,25-28,31,33,60,63,68-71,73-75,77,79-81,83-84H,4-15,17-18,20-24,29-30,32,34-59,61-62,64-67H2,1-3H3,(H,78,85)/b19-16-,27-25-,28-26+,33-31-,63-60+. The van der Waals surface area contributed by atoms with Gasteiger partial charge in [0.05, 0.1) is 25.4 Å². The molecule has 514 valence electrons. The van der Waals surface area contributed by atoms with Crippen LogP contribution in [0.5, 0.6) is 0 Å². The van der Waals surface area contributed by atoms with Gasteiger partial charge in [0.2, 0.25) is 5.91 Å². The highest BCUT2D eigenvalue weighted by Gasteiger charge is 2.47. The number of ether oxygens (including phenoxy) is 3. The largest absolute Gasteiger partial charge is 0.454 e. The minimum atomic E-state index is -1.61. The quantitative estimate of drug-likeness (QED) is 0.0195. The lowest BCUT2D eigenvalue weighted by molar-refractivity contribution is -0.305. The van der Waals surface area contributed by atoms with Crippen LogP contribution in [0.2, 0.25) is 0 Å². The van der Waals surface area contributed by atoms with E-state index in [1.165, 1.54) is 231 Å². The topological polar surface area (TPSA) is 175 Å². The highest BCUT2D eigenvalue weighted by atomic mass is 16.7. The molecular weight excluding hydrogens is 1100 g/mol. The van der Waals surface area contributed by atoms with E-state index in [0.29, 0.717) is 12.8 Å².